The van der Waals surface area contributed by atoms with Crippen LogP contribution in [0.2, 0.25) is 0 Å². The summed E-state index contributed by atoms with van der Waals surface area (Å²) in [6.07, 6.45) is 1.24. The number of benzene rings is 2. The Bertz CT molecular complexity index is 976. The Labute approximate surface area is 169 Å². The molecule has 2 aromatic carbocycles. The van der Waals surface area contributed by atoms with Gasteiger partial charge in [-0.1, -0.05) is 49.4 Å². The number of ether oxygens (including phenoxy) is 2. The molecule has 0 amide bonds. The van der Waals surface area contributed by atoms with Crippen molar-refractivity contribution in [2.24, 2.45) is 0 Å². The van der Waals surface area contributed by atoms with Crippen LogP contribution in [0.25, 0.3) is 10.8 Å². The van der Waals surface area contributed by atoms with Crippen LogP contribution in [-0.4, -0.2) is 28.8 Å². The van der Waals surface area contributed by atoms with Crippen LogP contribution >= 0.6 is 11.8 Å². The van der Waals surface area contributed by atoms with E-state index >= 15 is 0 Å². The first-order valence-corrected chi connectivity index (χ1v) is 10.5. The second-order valence-electron chi connectivity index (χ2n) is 6.28. The van der Waals surface area contributed by atoms with Crippen LogP contribution in [0, 0.1) is 0 Å². The zero-order valence-corrected chi connectivity index (χ0v) is 17.3. The highest BCUT2D eigenvalue weighted by atomic mass is 32.2. The lowest BCUT2D eigenvalue weighted by Crippen LogP contribution is -2.20. The maximum atomic E-state index is 12.7. The van der Waals surface area contributed by atoms with E-state index in [9.17, 15) is 4.79 Å². The van der Waals surface area contributed by atoms with E-state index in [0.717, 1.165) is 16.8 Å². The Morgan fingerprint density at radius 2 is 1.75 bits per heavy atom. The van der Waals surface area contributed by atoms with E-state index in [-0.39, 0.29) is 5.56 Å². The smallest absolute Gasteiger partial charge is 0.254 e. The number of hydrogen-bond acceptors (Lipinski definition) is 5. The van der Waals surface area contributed by atoms with E-state index in [1.807, 2.05) is 39.0 Å². The third kappa shape index (κ3) is 4.82. The predicted octanol–water partition coefficient (Wildman–Crippen LogP) is 4.53. The van der Waals surface area contributed by atoms with Crippen LogP contribution in [0.15, 0.2) is 52.4 Å². The first kappa shape index (κ1) is 20.6. The summed E-state index contributed by atoms with van der Waals surface area (Å²) in [5, 5.41) is 2.89. The zero-order valence-electron chi connectivity index (χ0n) is 16.5. The highest BCUT2D eigenvalue weighted by Crippen LogP contribution is 2.24. The molecule has 1 heterocycles. The molecule has 1 N–H and O–H groups in total. The minimum atomic E-state index is -0.490. The highest BCUT2D eigenvalue weighted by molar-refractivity contribution is 7.99. The number of fused-ring (bicyclic) bond motifs is 1. The number of thioether (sulfide) groups is 1. The Morgan fingerprint density at radius 1 is 1.04 bits per heavy atom. The Kier molecular flexibility index (Phi) is 7.25. The quantitative estimate of drug-likeness (QED) is 0.326. The number of hydrogen-bond donors (Lipinski definition) is 1. The summed E-state index contributed by atoms with van der Waals surface area (Å²) < 4.78 is 11.2. The maximum Gasteiger partial charge on any atom is 0.254 e. The van der Waals surface area contributed by atoms with Gasteiger partial charge in [0.1, 0.15) is 0 Å². The first-order valence-electron chi connectivity index (χ1n) is 9.64. The largest absolute Gasteiger partial charge is 0.344 e. The Morgan fingerprint density at radius 3 is 2.46 bits per heavy atom. The molecule has 0 aliphatic carbocycles. The lowest BCUT2D eigenvalue weighted by Gasteiger charge is -2.16. The van der Waals surface area contributed by atoms with E-state index in [1.165, 1.54) is 22.5 Å². The van der Waals surface area contributed by atoms with Gasteiger partial charge in [0.05, 0.1) is 5.69 Å². The molecular weight excluding hydrogens is 372 g/mol. The molecule has 3 aromatic rings. The summed E-state index contributed by atoms with van der Waals surface area (Å²) in [5.41, 5.74) is 2.10. The van der Waals surface area contributed by atoms with Crippen molar-refractivity contribution in [1.29, 1.82) is 0 Å². The van der Waals surface area contributed by atoms with Crippen LogP contribution in [0.4, 0.5) is 0 Å². The molecule has 6 heteroatoms. The third-order valence-corrected chi connectivity index (χ3v) is 5.37. The molecule has 148 valence electrons. The Hall–Kier alpha value is -2.15. The molecule has 0 aliphatic rings. The molecule has 0 aliphatic heterocycles. The molecule has 3 rings (SSSR count). The standard InChI is InChI=1S/C22H26N2O3S/c1-4-17-19(14-16-12-9-11-15-10-7-8-13-18(15)16)23-21(24-20(17)25)28-22(26-5-2)27-6-3/h7-13,22H,4-6,14H2,1-3H3,(H,23,24,25). The van der Waals surface area contributed by atoms with Gasteiger partial charge in [-0.05, 0) is 48.4 Å². The zero-order chi connectivity index (χ0) is 19.9. The van der Waals surface area contributed by atoms with E-state index in [4.69, 9.17) is 14.5 Å². The second-order valence-corrected chi connectivity index (χ2v) is 7.29. The van der Waals surface area contributed by atoms with Gasteiger partial charge in [0, 0.05) is 25.2 Å². The number of aromatic nitrogens is 2. The van der Waals surface area contributed by atoms with E-state index in [0.29, 0.717) is 31.2 Å². The van der Waals surface area contributed by atoms with Gasteiger partial charge in [-0.3, -0.25) is 4.79 Å². The van der Waals surface area contributed by atoms with Crippen molar-refractivity contribution >= 4 is 22.5 Å². The maximum absolute atomic E-state index is 12.7. The molecule has 0 radical (unpaired) electrons. The number of nitrogens with one attached hydrogen (secondary N) is 1. The molecule has 0 atom stereocenters. The molecule has 0 bridgehead atoms. The van der Waals surface area contributed by atoms with Gasteiger partial charge in [-0.25, -0.2) is 4.98 Å². The van der Waals surface area contributed by atoms with Crippen molar-refractivity contribution < 1.29 is 9.47 Å². The first-order chi connectivity index (χ1) is 13.7. The molecule has 28 heavy (non-hydrogen) atoms. The lowest BCUT2D eigenvalue weighted by atomic mass is 9.99. The predicted molar refractivity (Wildman–Crippen MR) is 114 cm³/mol. The summed E-state index contributed by atoms with van der Waals surface area (Å²) in [4.78, 5) is 20.3. The van der Waals surface area contributed by atoms with Crippen LogP contribution < -0.4 is 5.56 Å². The molecule has 0 unspecified atom stereocenters. The Balaban J connectivity index is 1.97. The van der Waals surface area contributed by atoms with Crippen molar-refractivity contribution in [2.45, 2.75) is 44.4 Å². The molecule has 0 spiro atoms. The minimum absolute atomic E-state index is 0.0954. The van der Waals surface area contributed by atoms with Gasteiger partial charge < -0.3 is 14.5 Å². The average molecular weight is 399 g/mol. The lowest BCUT2D eigenvalue weighted by molar-refractivity contribution is -0.0739. The third-order valence-electron chi connectivity index (χ3n) is 4.48. The van der Waals surface area contributed by atoms with Crippen LogP contribution in [0.1, 0.15) is 37.6 Å². The van der Waals surface area contributed by atoms with E-state index in [2.05, 4.69) is 29.2 Å². The second kappa shape index (κ2) is 9.87. The van der Waals surface area contributed by atoms with Gasteiger partial charge in [0.2, 0.25) is 5.62 Å². The summed E-state index contributed by atoms with van der Waals surface area (Å²) in [7, 11) is 0. The van der Waals surface area contributed by atoms with Crippen molar-refractivity contribution in [3.8, 4) is 0 Å². The number of H-pyrrole nitrogens is 1. The summed E-state index contributed by atoms with van der Waals surface area (Å²) in [5.74, 6) is 0. The van der Waals surface area contributed by atoms with Gasteiger partial charge in [-0.15, -0.1) is 0 Å². The van der Waals surface area contributed by atoms with Crippen LogP contribution in [-0.2, 0) is 22.3 Å². The molecular formula is C22H26N2O3S. The van der Waals surface area contributed by atoms with E-state index < -0.39 is 5.62 Å². The summed E-state index contributed by atoms with van der Waals surface area (Å²) in [6, 6.07) is 14.5. The SMILES string of the molecule is CCOC(OCC)Sc1nc(Cc2cccc3ccccc23)c(CC)c(=O)[nH]1. The van der Waals surface area contributed by atoms with Gasteiger partial charge >= 0.3 is 0 Å². The van der Waals surface area contributed by atoms with Gasteiger partial charge in [-0.2, -0.15) is 0 Å². The average Bonchev–Trinajstić information content (AvgIpc) is 2.69. The normalized spacial score (nSPS) is 11.4. The molecule has 5 nitrogen and oxygen atoms in total. The van der Waals surface area contributed by atoms with Gasteiger partial charge in [0.15, 0.2) is 5.16 Å². The molecule has 0 saturated carbocycles. The number of rotatable bonds is 9. The highest BCUT2D eigenvalue weighted by Gasteiger charge is 2.16. The summed E-state index contributed by atoms with van der Waals surface area (Å²) in [6.45, 7) is 6.86. The molecule has 1 aromatic heterocycles. The van der Waals surface area contributed by atoms with Gasteiger partial charge in [0.25, 0.3) is 5.56 Å². The van der Waals surface area contributed by atoms with E-state index in [1.54, 1.807) is 0 Å². The van der Waals surface area contributed by atoms with Crippen molar-refractivity contribution in [3.63, 3.8) is 0 Å². The number of nitrogens with zero attached hydrogens (tertiary/aromatic N) is 1. The van der Waals surface area contributed by atoms with Crippen molar-refractivity contribution in [3.05, 3.63) is 69.6 Å². The fraction of sp³-hybridized carbons (Fsp3) is 0.364. The fourth-order valence-electron chi connectivity index (χ4n) is 3.19. The minimum Gasteiger partial charge on any atom is -0.344 e. The molecule has 0 saturated heterocycles. The van der Waals surface area contributed by atoms with Crippen LogP contribution in [0.5, 0.6) is 0 Å². The topological polar surface area (TPSA) is 64.2 Å². The monoisotopic (exact) mass is 398 g/mol. The van der Waals surface area contributed by atoms with Crippen molar-refractivity contribution in [1.82, 2.24) is 9.97 Å². The molecule has 0 fully saturated rings. The number of aromatic amines is 1. The summed E-state index contributed by atoms with van der Waals surface area (Å²) >= 11 is 1.29. The van der Waals surface area contributed by atoms with Crippen molar-refractivity contribution in [2.75, 3.05) is 13.2 Å². The van der Waals surface area contributed by atoms with Crippen LogP contribution in [0.3, 0.4) is 0 Å². The fourth-order valence-corrected chi connectivity index (χ4v) is 4.10.